The van der Waals surface area contributed by atoms with Crippen molar-refractivity contribution in [2.75, 3.05) is 19.8 Å². The fraction of sp³-hybridized carbons (Fsp3) is 0.789. The van der Waals surface area contributed by atoms with Gasteiger partial charge in [-0.05, 0) is 83.5 Å². The minimum absolute atomic E-state index is 0.252. The number of hydrogen-bond acceptors (Lipinski definition) is 13. The maximum Gasteiger partial charge on any atom is 0.220 e. The van der Waals surface area contributed by atoms with Crippen LogP contribution in [-0.4, -0.2) is 140 Å². The van der Waals surface area contributed by atoms with Crippen LogP contribution in [-0.2, 0) is 23.7 Å². The second kappa shape index (κ2) is 55.3. The first kappa shape index (κ1) is 78.3. The molecule has 2 saturated heterocycles. The quantitative estimate of drug-likeness (QED) is 0.0204. The van der Waals surface area contributed by atoms with Gasteiger partial charge in [-0.15, -0.1) is 0 Å². The lowest BCUT2D eigenvalue weighted by Crippen LogP contribution is -2.65. The van der Waals surface area contributed by atoms with Gasteiger partial charge in [0.1, 0.15) is 48.8 Å². The van der Waals surface area contributed by atoms with Crippen molar-refractivity contribution in [1.82, 2.24) is 5.32 Å². The summed E-state index contributed by atoms with van der Waals surface area (Å²) >= 11 is 0. The van der Waals surface area contributed by atoms with Crippen LogP contribution in [0.1, 0.15) is 264 Å². The van der Waals surface area contributed by atoms with Gasteiger partial charge in [-0.2, -0.15) is 0 Å². The number of rotatable bonds is 55. The molecule has 2 heterocycles. The molecule has 85 heavy (non-hydrogen) atoms. The number of carbonyl (C=O) groups excluding carboxylic acids is 1. The molecule has 492 valence electrons. The van der Waals surface area contributed by atoms with Crippen molar-refractivity contribution in [2.45, 2.75) is 338 Å². The molecule has 2 fully saturated rings. The molecule has 1 amide bonds. The number of ether oxygens (including phenoxy) is 4. The summed E-state index contributed by atoms with van der Waals surface area (Å²) in [4.78, 5) is 13.3. The summed E-state index contributed by atoms with van der Waals surface area (Å²) in [5.74, 6) is -0.252. The van der Waals surface area contributed by atoms with Crippen LogP contribution < -0.4 is 5.32 Å². The van der Waals surface area contributed by atoms with Crippen molar-refractivity contribution in [1.29, 1.82) is 0 Å². The third-order valence-corrected chi connectivity index (χ3v) is 16.3. The second-order valence-corrected chi connectivity index (χ2v) is 23.9. The molecule has 0 aromatic carbocycles. The van der Waals surface area contributed by atoms with Crippen molar-refractivity contribution in [2.24, 2.45) is 0 Å². The topological polar surface area (TPSA) is 228 Å². The molecule has 0 aromatic heterocycles. The van der Waals surface area contributed by atoms with Crippen LogP contribution in [0.5, 0.6) is 0 Å². The van der Waals surface area contributed by atoms with Gasteiger partial charge >= 0.3 is 0 Å². The van der Waals surface area contributed by atoms with E-state index in [-0.39, 0.29) is 18.9 Å². The molecular weight excluding hydrogens is 1070 g/mol. The summed E-state index contributed by atoms with van der Waals surface area (Å²) in [5, 5.41) is 87.2. The summed E-state index contributed by atoms with van der Waals surface area (Å²) in [6, 6.07) is -0.940. The van der Waals surface area contributed by atoms with E-state index in [0.717, 1.165) is 70.6 Å². The first-order valence-corrected chi connectivity index (χ1v) is 34.3. The van der Waals surface area contributed by atoms with Crippen LogP contribution in [0.2, 0.25) is 0 Å². The van der Waals surface area contributed by atoms with E-state index in [4.69, 9.17) is 18.9 Å². The molecule has 12 unspecified atom stereocenters. The lowest BCUT2D eigenvalue weighted by Gasteiger charge is -2.46. The monoisotopic (exact) mass is 1200 g/mol. The molecule has 0 aromatic rings. The Kier molecular flexibility index (Phi) is 50.9. The number of aliphatic hydroxyl groups excluding tert-OH is 8. The second-order valence-electron chi connectivity index (χ2n) is 23.9. The molecule has 9 N–H and O–H groups in total. The van der Waals surface area contributed by atoms with Gasteiger partial charge in [0.05, 0.1) is 32.0 Å². The van der Waals surface area contributed by atoms with Gasteiger partial charge in [0.15, 0.2) is 12.6 Å². The average Bonchev–Trinajstić information content (AvgIpc) is 3.70. The fourth-order valence-electron chi connectivity index (χ4n) is 10.8. The molecule has 0 bridgehead atoms. The van der Waals surface area contributed by atoms with E-state index in [1.54, 1.807) is 6.08 Å². The van der Waals surface area contributed by atoms with E-state index in [1.807, 2.05) is 6.08 Å². The Labute approximate surface area is 516 Å². The Morgan fingerprint density at radius 3 is 1.29 bits per heavy atom. The summed E-state index contributed by atoms with van der Waals surface area (Å²) in [7, 11) is 0. The molecule has 0 aliphatic carbocycles. The van der Waals surface area contributed by atoms with Gasteiger partial charge in [-0.1, -0.05) is 259 Å². The number of allylic oxidation sites excluding steroid dienone is 13. The van der Waals surface area contributed by atoms with Crippen molar-refractivity contribution in [3.63, 3.8) is 0 Å². The highest BCUT2D eigenvalue weighted by atomic mass is 16.7. The average molecular weight is 1200 g/mol. The third-order valence-electron chi connectivity index (χ3n) is 16.3. The number of unbranched alkanes of at least 4 members (excludes halogenated alkanes) is 30. The molecule has 2 aliphatic heterocycles. The molecule has 2 rings (SSSR count). The highest BCUT2D eigenvalue weighted by molar-refractivity contribution is 5.76. The number of hydrogen-bond donors (Lipinski definition) is 9. The number of aliphatic hydroxyl groups is 8. The summed E-state index contributed by atoms with van der Waals surface area (Å²) in [6.07, 6.45) is 59.4. The van der Waals surface area contributed by atoms with Gasteiger partial charge in [0, 0.05) is 6.42 Å². The Morgan fingerprint density at radius 1 is 0.435 bits per heavy atom. The van der Waals surface area contributed by atoms with Crippen molar-refractivity contribution in [3.8, 4) is 0 Å². The first-order chi connectivity index (χ1) is 41.6. The normalized spacial score (nSPS) is 24.1. The first-order valence-electron chi connectivity index (χ1n) is 34.3. The molecule has 0 saturated carbocycles. The Balaban J connectivity index is 1.63. The predicted molar refractivity (Wildman–Crippen MR) is 346 cm³/mol. The lowest BCUT2D eigenvalue weighted by atomic mass is 9.97. The van der Waals surface area contributed by atoms with E-state index < -0.39 is 86.8 Å². The lowest BCUT2D eigenvalue weighted by molar-refractivity contribution is -0.359. The van der Waals surface area contributed by atoms with E-state index in [2.05, 4.69) is 92.1 Å². The Hall–Kier alpha value is -2.83. The van der Waals surface area contributed by atoms with Gasteiger partial charge in [0.25, 0.3) is 0 Å². The van der Waals surface area contributed by atoms with E-state index >= 15 is 0 Å². The fourth-order valence-corrected chi connectivity index (χ4v) is 10.8. The smallest absolute Gasteiger partial charge is 0.220 e. The zero-order chi connectivity index (χ0) is 61.6. The van der Waals surface area contributed by atoms with Gasteiger partial charge in [0.2, 0.25) is 5.91 Å². The zero-order valence-corrected chi connectivity index (χ0v) is 53.3. The van der Waals surface area contributed by atoms with Crippen LogP contribution in [0.15, 0.2) is 85.1 Å². The molecule has 14 heteroatoms. The zero-order valence-electron chi connectivity index (χ0n) is 53.3. The van der Waals surface area contributed by atoms with Gasteiger partial charge in [-0.3, -0.25) is 4.79 Å². The SMILES string of the molecule is CC/C=C\C/C=C\C/C=C\C/C=C\CCCCCCCCCCCCCCCCCCCCCCCCC(=O)NC(COC1OC(CO)C(OC2OC(CO)C(O)C(O)C2O)C(O)C1O)C(O)/C=C/CC/C=C/CC/C=C/CCCCCCCC. The highest BCUT2D eigenvalue weighted by Gasteiger charge is 2.51. The number of amides is 1. The predicted octanol–water partition coefficient (Wildman–Crippen LogP) is 13.6. The molecule has 0 spiro atoms. The minimum Gasteiger partial charge on any atom is -0.394 e. The summed E-state index contributed by atoms with van der Waals surface area (Å²) in [5.41, 5.74) is 0. The molecule has 2 aliphatic rings. The van der Waals surface area contributed by atoms with E-state index in [1.165, 1.54) is 161 Å². The van der Waals surface area contributed by atoms with E-state index in [0.29, 0.717) is 12.8 Å². The maximum atomic E-state index is 13.3. The van der Waals surface area contributed by atoms with Crippen LogP contribution >= 0.6 is 0 Å². The number of nitrogens with one attached hydrogen (secondary N) is 1. The largest absolute Gasteiger partial charge is 0.394 e. The summed E-state index contributed by atoms with van der Waals surface area (Å²) < 4.78 is 22.8. The van der Waals surface area contributed by atoms with E-state index in [9.17, 15) is 45.6 Å². The van der Waals surface area contributed by atoms with Crippen LogP contribution in [0.3, 0.4) is 0 Å². The van der Waals surface area contributed by atoms with Crippen LogP contribution in [0.4, 0.5) is 0 Å². The molecule has 12 atom stereocenters. The molecule has 14 nitrogen and oxygen atoms in total. The molecule has 0 radical (unpaired) electrons. The van der Waals surface area contributed by atoms with Crippen molar-refractivity contribution < 1.29 is 64.6 Å². The Bertz CT molecular complexity index is 1750. The van der Waals surface area contributed by atoms with Crippen molar-refractivity contribution in [3.05, 3.63) is 85.1 Å². The van der Waals surface area contributed by atoms with Crippen molar-refractivity contribution >= 4 is 5.91 Å². The minimum atomic E-state index is -1.79. The third kappa shape index (κ3) is 39.7. The van der Waals surface area contributed by atoms with Crippen LogP contribution in [0.25, 0.3) is 0 Å². The molecular formula is C71H125NO13. The van der Waals surface area contributed by atoms with Gasteiger partial charge in [-0.25, -0.2) is 0 Å². The van der Waals surface area contributed by atoms with Crippen LogP contribution in [0, 0.1) is 0 Å². The highest BCUT2D eigenvalue weighted by Crippen LogP contribution is 2.30. The summed E-state index contributed by atoms with van der Waals surface area (Å²) in [6.45, 7) is 2.66. The van der Waals surface area contributed by atoms with Gasteiger partial charge < -0.3 is 65.1 Å². The Morgan fingerprint density at radius 2 is 0.824 bits per heavy atom. The maximum absolute atomic E-state index is 13.3. The number of carbonyl (C=O) groups is 1. The standard InChI is InChI=1S/C71H125NO13/c1-3-5-7-9-11-13-15-17-19-21-22-23-24-25-26-27-28-29-30-31-32-33-34-35-36-37-38-39-41-43-45-47-49-51-53-55-63(76)72-59(60(75)54-52-50-48-46-44-42-40-20-18-16-14-12-10-8-6-4-2)58-82-70-68(81)66(79)69(62(57-74)84-70)85-71-67(80)65(78)64(77)61(56-73)83-71/h5,7,11,13,17-20,22-23,44,46,52,54,59-62,64-71,73-75,77-81H,3-4,6,8-10,12,14-16,21,24-43,45,47-51,53,55-58H2,1-2H3,(H,72,76)/b7-5-,13-11-,19-17-,20-18+,23-22-,46-44+,54-52+.